The van der Waals surface area contributed by atoms with Crippen molar-refractivity contribution >= 4 is 55.9 Å². The number of anilines is 2. The number of thiophene rings is 1. The van der Waals surface area contributed by atoms with E-state index in [4.69, 9.17) is 28.9 Å². The summed E-state index contributed by atoms with van der Waals surface area (Å²) in [5.74, 6) is 0. The number of rotatable bonds is 3. The molecule has 3 N–H and O–H groups in total. The molecule has 8 heteroatoms. The molecule has 0 fully saturated rings. The Morgan fingerprint density at radius 3 is 2.56 bits per heavy atom. The standard InChI is InChI=1S/C10H8Cl2N2O2S2/c11-6-3-8(12)10(9(13)4-6)18(15,16)14-7-1-2-17-5-7/h1-5,14H,13H2. The van der Waals surface area contributed by atoms with Gasteiger partial charge < -0.3 is 5.73 Å². The summed E-state index contributed by atoms with van der Waals surface area (Å²) in [6, 6.07) is 4.32. The SMILES string of the molecule is Nc1cc(Cl)cc(Cl)c1S(=O)(=O)Nc1ccsc1. The van der Waals surface area contributed by atoms with Crippen molar-refractivity contribution in [2.45, 2.75) is 4.90 Å². The van der Waals surface area contributed by atoms with Crippen molar-refractivity contribution in [3.8, 4) is 0 Å². The van der Waals surface area contributed by atoms with Crippen molar-refractivity contribution in [2.24, 2.45) is 0 Å². The van der Waals surface area contributed by atoms with E-state index >= 15 is 0 Å². The van der Waals surface area contributed by atoms with E-state index in [0.717, 1.165) is 0 Å². The van der Waals surface area contributed by atoms with Gasteiger partial charge in [0.2, 0.25) is 0 Å². The van der Waals surface area contributed by atoms with Crippen LogP contribution in [0, 0.1) is 0 Å². The minimum absolute atomic E-state index is 0.00947. The molecule has 0 radical (unpaired) electrons. The summed E-state index contributed by atoms with van der Waals surface area (Å²) in [6.07, 6.45) is 0. The number of nitrogens with two attached hydrogens (primary N) is 1. The van der Waals surface area contributed by atoms with Gasteiger partial charge in [-0.05, 0) is 23.6 Å². The van der Waals surface area contributed by atoms with Crippen LogP contribution in [-0.4, -0.2) is 8.42 Å². The van der Waals surface area contributed by atoms with E-state index < -0.39 is 10.0 Å². The smallest absolute Gasteiger partial charge is 0.265 e. The lowest BCUT2D eigenvalue weighted by Crippen LogP contribution is -2.15. The quantitative estimate of drug-likeness (QED) is 0.850. The largest absolute Gasteiger partial charge is 0.398 e. The van der Waals surface area contributed by atoms with Crippen LogP contribution >= 0.6 is 34.5 Å². The normalized spacial score (nSPS) is 11.4. The Hall–Kier alpha value is -0.950. The van der Waals surface area contributed by atoms with Gasteiger partial charge in [0, 0.05) is 10.4 Å². The third-order valence-electron chi connectivity index (χ3n) is 2.08. The average molecular weight is 323 g/mol. The molecule has 0 amide bonds. The highest BCUT2D eigenvalue weighted by Gasteiger charge is 2.22. The number of hydrogen-bond donors (Lipinski definition) is 2. The van der Waals surface area contributed by atoms with Crippen LogP contribution in [-0.2, 0) is 10.0 Å². The highest BCUT2D eigenvalue weighted by molar-refractivity contribution is 7.93. The Bertz CT molecular complexity index is 646. The van der Waals surface area contributed by atoms with Crippen LogP contribution in [0.25, 0.3) is 0 Å². The van der Waals surface area contributed by atoms with Crippen molar-refractivity contribution in [3.05, 3.63) is 39.0 Å². The lowest BCUT2D eigenvalue weighted by atomic mass is 10.3. The molecule has 1 aromatic carbocycles. The van der Waals surface area contributed by atoms with E-state index in [2.05, 4.69) is 4.72 Å². The molecule has 2 aromatic rings. The number of benzene rings is 1. The molecule has 0 saturated heterocycles. The summed E-state index contributed by atoms with van der Waals surface area (Å²) in [4.78, 5) is -0.167. The summed E-state index contributed by atoms with van der Waals surface area (Å²) < 4.78 is 26.7. The van der Waals surface area contributed by atoms with Crippen molar-refractivity contribution in [3.63, 3.8) is 0 Å². The highest BCUT2D eigenvalue weighted by Crippen LogP contribution is 2.32. The Balaban J connectivity index is 2.48. The Morgan fingerprint density at radius 1 is 1.28 bits per heavy atom. The molecule has 0 spiro atoms. The van der Waals surface area contributed by atoms with Gasteiger partial charge in [-0.2, -0.15) is 11.3 Å². The van der Waals surface area contributed by atoms with Crippen molar-refractivity contribution in [1.82, 2.24) is 0 Å². The van der Waals surface area contributed by atoms with Crippen LogP contribution in [0.2, 0.25) is 10.0 Å². The first kappa shape index (κ1) is 13.5. The Labute approximate surface area is 118 Å². The summed E-state index contributed by atoms with van der Waals surface area (Å²) >= 11 is 13.0. The van der Waals surface area contributed by atoms with Crippen LogP contribution < -0.4 is 10.5 Å². The maximum atomic E-state index is 12.1. The van der Waals surface area contributed by atoms with Gasteiger partial charge in [0.25, 0.3) is 10.0 Å². The molecule has 0 bridgehead atoms. The Morgan fingerprint density at radius 2 is 2.00 bits per heavy atom. The fourth-order valence-electron chi connectivity index (χ4n) is 1.39. The molecule has 96 valence electrons. The van der Waals surface area contributed by atoms with Gasteiger partial charge in [-0.3, -0.25) is 4.72 Å². The second-order valence-corrected chi connectivity index (χ2v) is 6.67. The van der Waals surface area contributed by atoms with E-state index in [0.29, 0.717) is 5.69 Å². The van der Waals surface area contributed by atoms with Gasteiger partial charge in [-0.25, -0.2) is 8.42 Å². The zero-order valence-corrected chi connectivity index (χ0v) is 12.0. The van der Waals surface area contributed by atoms with Gasteiger partial charge in [0.15, 0.2) is 0 Å². The van der Waals surface area contributed by atoms with E-state index in [-0.39, 0.29) is 20.6 Å². The number of sulfonamides is 1. The molecular formula is C10H8Cl2N2O2S2. The summed E-state index contributed by atoms with van der Waals surface area (Å²) in [5, 5.41) is 3.69. The predicted octanol–water partition coefficient (Wildman–Crippen LogP) is 3.44. The molecule has 18 heavy (non-hydrogen) atoms. The third kappa shape index (κ3) is 2.72. The van der Waals surface area contributed by atoms with E-state index in [9.17, 15) is 8.42 Å². The first-order valence-corrected chi connectivity index (χ1v) is 7.88. The molecule has 2 rings (SSSR count). The second-order valence-electron chi connectivity index (χ2n) is 3.42. The van der Waals surface area contributed by atoms with E-state index in [1.807, 2.05) is 0 Å². The van der Waals surface area contributed by atoms with Gasteiger partial charge in [-0.15, -0.1) is 0 Å². The monoisotopic (exact) mass is 322 g/mol. The minimum Gasteiger partial charge on any atom is -0.398 e. The summed E-state index contributed by atoms with van der Waals surface area (Å²) in [7, 11) is -3.82. The van der Waals surface area contributed by atoms with Crippen LogP contribution in [0.4, 0.5) is 11.4 Å². The zero-order chi connectivity index (χ0) is 13.3. The summed E-state index contributed by atoms with van der Waals surface area (Å²) in [5.41, 5.74) is 6.12. The van der Waals surface area contributed by atoms with Crippen LogP contribution in [0.1, 0.15) is 0 Å². The van der Waals surface area contributed by atoms with Crippen molar-refractivity contribution < 1.29 is 8.42 Å². The van der Waals surface area contributed by atoms with E-state index in [1.165, 1.54) is 23.5 Å². The second kappa shape index (κ2) is 4.97. The number of nitrogen functional groups attached to an aromatic ring is 1. The Kier molecular flexibility index (Phi) is 3.72. The average Bonchev–Trinajstić information content (AvgIpc) is 2.66. The van der Waals surface area contributed by atoms with Crippen LogP contribution in [0.3, 0.4) is 0 Å². The minimum atomic E-state index is -3.82. The van der Waals surface area contributed by atoms with Gasteiger partial charge >= 0.3 is 0 Å². The topological polar surface area (TPSA) is 72.2 Å². The molecule has 0 aliphatic rings. The highest BCUT2D eigenvalue weighted by atomic mass is 35.5. The van der Waals surface area contributed by atoms with Crippen molar-refractivity contribution in [1.29, 1.82) is 0 Å². The molecule has 4 nitrogen and oxygen atoms in total. The molecule has 0 aliphatic heterocycles. The number of halogens is 2. The predicted molar refractivity (Wildman–Crippen MR) is 76.0 cm³/mol. The first-order valence-electron chi connectivity index (χ1n) is 4.70. The lowest BCUT2D eigenvalue weighted by Gasteiger charge is -2.11. The molecule has 1 aromatic heterocycles. The van der Waals surface area contributed by atoms with E-state index in [1.54, 1.807) is 16.8 Å². The van der Waals surface area contributed by atoms with Gasteiger partial charge in [0.05, 0.1) is 16.4 Å². The van der Waals surface area contributed by atoms with Gasteiger partial charge in [0.1, 0.15) is 4.90 Å². The van der Waals surface area contributed by atoms with Crippen LogP contribution in [0.15, 0.2) is 33.9 Å². The van der Waals surface area contributed by atoms with Crippen molar-refractivity contribution in [2.75, 3.05) is 10.5 Å². The third-order valence-corrected chi connectivity index (χ3v) is 4.89. The lowest BCUT2D eigenvalue weighted by molar-refractivity contribution is 0.601. The maximum absolute atomic E-state index is 12.1. The molecular weight excluding hydrogens is 315 g/mol. The number of nitrogens with one attached hydrogen (secondary N) is 1. The molecule has 0 atom stereocenters. The van der Waals surface area contributed by atoms with Crippen LogP contribution in [0.5, 0.6) is 0 Å². The zero-order valence-electron chi connectivity index (χ0n) is 8.85. The van der Waals surface area contributed by atoms with Gasteiger partial charge in [-0.1, -0.05) is 23.2 Å². The first-order chi connectivity index (χ1) is 8.40. The molecule has 0 saturated carbocycles. The fraction of sp³-hybridized carbons (Fsp3) is 0. The summed E-state index contributed by atoms with van der Waals surface area (Å²) in [6.45, 7) is 0. The maximum Gasteiger partial charge on any atom is 0.265 e. The molecule has 0 unspecified atom stereocenters. The molecule has 1 heterocycles. The number of hydrogen-bond acceptors (Lipinski definition) is 4. The molecule has 0 aliphatic carbocycles. The fourth-order valence-corrected chi connectivity index (χ4v) is 4.09.